The van der Waals surface area contributed by atoms with E-state index in [1.165, 1.54) is 6.42 Å². The van der Waals surface area contributed by atoms with Crippen molar-refractivity contribution >= 4 is 0 Å². The molecule has 0 saturated heterocycles. The summed E-state index contributed by atoms with van der Waals surface area (Å²) in [4.78, 5) is 0. The quantitative estimate of drug-likeness (QED) is 0.795. The molecule has 0 unspecified atom stereocenters. The number of rotatable bonds is 3. The molecule has 0 amide bonds. The number of hydrogen-bond acceptors (Lipinski definition) is 2. The van der Waals surface area contributed by atoms with Crippen molar-refractivity contribution < 1.29 is 10.2 Å². The molecule has 0 aromatic carbocycles. The first kappa shape index (κ1) is 13.4. The molecule has 0 aromatic rings. The number of aliphatic hydroxyl groups excluding tert-OH is 1. The van der Waals surface area contributed by atoms with Crippen molar-refractivity contribution in [2.75, 3.05) is 6.61 Å². The fraction of sp³-hybridized carbons (Fsp3) is 1.00. The van der Waals surface area contributed by atoms with Crippen LogP contribution in [0.5, 0.6) is 0 Å². The van der Waals surface area contributed by atoms with E-state index in [-0.39, 0.29) is 12.0 Å². The fourth-order valence-corrected chi connectivity index (χ4v) is 4.46. The molecule has 0 heterocycles. The molecule has 0 aromatic heterocycles. The molecule has 2 aliphatic carbocycles. The zero-order valence-electron chi connectivity index (χ0n) is 11.6. The second-order valence-electron chi connectivity index (χ2n) is 7.34. The van der Waals surface area contributed by atoms with Gasteiger partial charge in [-0.1, -0.05) is 27.2 Å². The minimum absolute atomic E-state index is 0.156. The normalized spacial score (nSPS) is 39.7. The largest absolute Gasteiger partial charge is 0.396 e. The minimum Gasteiger partial charge on any atom is -0.396 e. The Kier molecular flexibility index (Phi) is 3.33. The first-order chi connectivity index (χ1) is 7.86. The zero-order valence-corrected chi connectivity index (χ0v) is 11.6. The van der Waals surface area contributed by atoms with Crippen LogP contribution in [0.2, 0.25) is 0 Å². The van der Waals surface area contributed by atoms with Crippen LogP contribution in [0.4, 0.5) is 0 Å². The molecule has 0 radical (unpaired) electrons. The van der Waals surface area contributed by atoms with Gasteiger partial charge < -0.3 is 10.2 Å². The van der Waals surface area contributed by atoms with Crippen LogP contribution < -0.4 is 0 Å². The summed E-state index contributed by atoms with van der Waals surface area (Å²) >= 11 is 0. The molecule has 2 aliphatic rings. The molecule has 0 spiro atoms. The lowest BCUT2D eigenvalue weighted by molar-refractivity contribution is -0.211. The van der Waals surface area contributed by atoms with Gasteiger partial charge in [-0.05, 0) is 49.9 Å². The summed E-state index contributed by atoms with van der Waals surface area (Å²) in [6, 6.07) is 0. The second-order valence-corrected chi connectivity index (χ2v) is 7.34. The van der Waals surface area contributed by atoms with Crippen LogP contribution in [0.3, 0.4) is 0 Å². The van der Waals surface area contributed by atoms with Gasteiger partial charge in [0.15, 0.2) is 0 Å². The summed E-state index contributed by atoms with van der Waals surface area (Å²) in [7, 11) is 0. The molecule has 0 bridgehead atoms. The van der Waals surface area contributed by atoms with Crippen LogP contribution in [0, 0.1) is 16.7 Å². The first-order valence-corrected chi connectivity index (χ1v) is 7.20. The lowest BCUT2D eigenvalue weighted by Gasteiger charge is -2.61. The van der Waals surface area contributed by atoms with Gasteiger partial charge in [0, 0.05) is 5.41 Å². The maximum absolute atomic E-state index is 10.9. The molecular formula is C15H28O2. The van der Waals surface area contributed by atoms with Crippen LogP contribution >= 0.6 is 0 Å². The summed E-state index contributed by atoms with van der Waals surface area (Å²) in [6.45, 7) is 6.87. The van der Waals surface area contributed by atoms with E-state index in [9.17, 15) is 10.2 Å². The molecule has 2 nitrogen and oxygen atoms in total. The van der Waals surface area contributed by atoms with Crippen molar-refractivity contribution in [3.8, 4) is 0 Å². The van der Waals surface area contributed by atoms with Gasteiger partial charge in [-0.15, -0.1) is 0 Å². The Balaban J connectivity index is 2.06. The van der Waals surface area contributed by atoms with Crippen LogP contribution in [-0.2, 0) is 0 Å². The highest BCUT2D eigenvalue weighted by molar-refractivity contribution is 5.10. The Hall–Kier alpha value is -0.0800. The summed E-state index contributed by atoms with van der Waals surface area (Å²) in [6.07, 6.45) is 7.23. The SMILES string of the molecule is CCC1CCC(O)(C2(CO)CC(C)(C)C2)CC1. The standard InChI is InChI=1S/C15H28O2/c1-4-12-5-7-15(17,8-6-12)14(11-16)9-13(2,3)10-14/h12,16-17H,4-11H2,1-3H3. The van der Waals surface area contributed by atoms with E-state index >= 15 is 0 Å². The molecule has 2 fully saturated rings. The Bertz CT molecular complexity index is 267. The van der Waals surface area contributed by atoms with Gasteiger partial charge in [0.25, 0.3) is 0 Å². The van der Waals surface area contributed by atoms with Crippen molar-refractivity contribution in [3.05, 3.63) is 0 Å². The van der Waals surface area contributed by atoms with Crippen LogP contribution in [0.1, 0.15) is 65.7 Å². The average molecular weight is 240 g/mol. The van der Waals surface area contributed by atoms with Crippen molar-refractivity contribution in [1.82, 2.24) is 0 Å². The molecule has 2 saturated carbocycles. The first-order valence-electron chi connectivity index (χ1n) is 7.20. The van der Waals surface area contributed by atoms with Crippen LogP contribution in [-0.4, -0.2) is 22.4 Å². The van der Waals surface area contributed by atoms with Gasteiger partial charge in [0.05, 0.1) is 12.2 Å². The van der Waals surface area contributed by atoms with E-state index in [1.54, 1.807) is 0 Å². The molecule has 100 valence electrons. The van der Waals surface area contributed by atoms with Gasteiger partial charge in [-0.2, -0.15) is 0 Å². The number of aliphatic hydroxyl groups is 2. The Morgan fingerprint density at radius 2 is 1.65 bits per heavy atom. The van der Waals surface area contributed by atoms with E-state index in [4.69, 9.17) is 0 Å². The van der Waals surface area contributed by atoms with Crippen molar-refractivity contribution in [2.45, 2.75) is 71.3 Å². The lowest BCUT2D eigenvalue weighted by Crippen LogP contribution is -2.61. The Morgan fingerprint density at radius 1 is 1.12 bits per heavy atom. The van der Waals surface area contributed by atoms with Crippen molar-refractivity contribution in [1.29, 1.82) is 0 Å². The molecule has 2 heteroatoms. The number of hydrogen-bond donors (Lipinski definition) is 2. The third-order valence-corrected chi connectivity index (χ3v) is 5.43. The van der Waals surface area contributed by atoms with E-state index < -0.39 is 5.60 Å². The molecular weight excluding hydrogens is 212 g/mol. The maximum Gasteiger partial charge on any atom is 0.0726 e. The highest BCUT2D eigenvalue weighted by Crippen LogP contribution is 2.62. The Morgan fingerprint density at radius 3 is 2.00 bits per heavy atom. The van der Waals surface area contributed by atoms with E-state index in [0.717, 1.165) is 44.4 Å². The predicted molar refractivity (Wildman–Crippen MR) is 69.7 cm³/mol. The van der Waals surface area contributed by atoms with Gasteiger partial charge in [0.2, 0.25) is 0 Å². The smallest absolute Gasteiger partial charge is 0.0726 e. The Labute approximate surface area is 105 Å². The third kappa shape index (κ3) is 2.15. The highest BCUT2D eigenvalue weighted by atomic mass is 16.3. The van der Waals surface area contributed by atoms with Gasteiger partial charge in [-0.3, -0.25) is 0 Å². The fourth-order valence-electron chi connectivity index (χ4n) is 4.46. The maximum atomic E-state index is 10.9. The summed E-state index contributed by atoms with van der Waals surface area (Å²) in [5.41, 5.74) is -0.488. The van der Waals surface area contributed by atoms with E-state index in [0.29, 0.717) is 5.41 Å². The van der Waals surface area contributed by atoms with Gasteiger partial charge in [-0.25, -0.2) is 0 Å². The zero-order chi connectivity index (χ0) is 12.7. The molecule has 17 heavy (non-hydrogen) atoms. The van der Waals surface area contributed by atoms with E-state index in [2.05, 4.69) is 20.8 Å². The monoisotopic (exact) mass is 240 g/mol. The summed E-state index contributed by atoms with van der Waals surface area (Å²) < 4.78 is 0. The second kappa shape index (κ2) is 4.24. The van der Waals surface area contributed by atoms with Crippen LogP contribution in [0.15, 0.2) is 0 Å². The van der Waals surface area contributed by atoms with E-state index in [1.807, 2.05) is 0 Å². The molecule has 0 atom stereocenters. The summed E-state index contributed by atoms with van der Waals surface area (Å²) in [5, 5.41) is 20.7. The minimum atomic E-state index is -0.594. The lowest BCUT2D eigenvalue weighted by atomic mass is 9.46. The molecule has 2 rings (SSSR count). The van der Waals surface area contributed by atoms with Gasteiger partial charge in [0.1, 0.15) is 0 Å². The van der Waals surface area contributed by atoms with Crippen LogP contribution in [0.25, 0.3) is 0 Å². The summed E-state index contributed by atoms with van der Waals surface area (Å²) in [5.74, 6) is 0.791. The van der Waals surface area contributed by atoms with Crippen molar-refractivity contribution in [3.63, 3.8) is 0 Å². The third-order valence-electron chi connectivity index (χ3n) is 5.43. The molecule has 0 aliphatic heterocycles. The highest BCUT2D eigenvalue weighted by Gasteiger charge is 2.60. The van der Waals surface area contributed by atoms with Gasteiger partial charge >= 0.3 is 0 Å². The molecule has 2 N–H and O–H groups in total. The average Bonchev–Trinajstić information content (AvgIpc) is 2.26. The topological polar surface area (TPSA) is 40.5 Å². The predicted octanol–water partition coefficient (Wildman–Crippen LogP) is 3.12. The van der Waals surface area contributed by atoms with Crippen molar-refractivity contribution in [2.24, 2.45) is 16.7 Å².